The van der Waals surface area contributed by atoms with Gasteiger partial charge in [-0.2, -0.15) is 0 Å². The summed E-state index contributed by atoms with van der Waals surface area (Å²) in [5, 5.41) is 13.6. The summed E-state index contributed by atoms with van der Waals surface area (Å²) in [5.41, 5.74) is 0.590. The van der Waals surface area contributed by atoms with Gasteiger partial charge in [-0.1, -0.05) is 15.9 Å². The van der Waals surface area contributed by atoms with Crippen molar-refractivity contribution in [1.82, 2.24) is 0 Å². The summed E-state index contributed by atoms with van der Waals surface area (Å²) >= 11 is 6.16. The van der Waals surface area contributed by atoms with Crippen molar-refractivity contribution in [2.24, 2.45) is 0 Å². The van der Waals surface area contributed by atoms with Gasteiger partial charge in [-0.3, -0.25) is 10.1 Å². The van der Waals surface area contributed by atoms with E-state index in [9.17, 15) is 14.9 Å². The Balaban J connectivity index is 2.87. The largest absolute Gasteiger partial charge is 0.464 e. The summed E-state index contributed by atoms with van der Waals surface area (Å²) in [7, 11) is 0. The summed E-state index contributed by atoms with van der Waals surface area (Å²) in [6.45, 7) is 1.80. The van der Waals surface area contributed by atoms with Crippen molar-refractivity contribution in [1.29, 1.82) is 0 Å². The Hall–Kier alpha value is -1.15. The summed E-state index contributed by atoms with van der Waals surface area (Å²) < 4.78 is 5.70. The zero-order valence-electron chi connectivity index (χ0n) is 10.0. The Morgan fingerprint density at radius 3 is 2.53 bits per heavy atom. The van der Waals surface area contributed by atoms with Gasteiger partial charge in [0.2, 0.25) is 6.04 Å². The lowest BCUT2D eigenvalue weighted by Crippen LogP contribution is -2.42. The van der Waals surface area contributed by atoms with Crippen molar-refractivity contribution in [2.75, 3.05) is 11.9 Å². The van der Waals surface area contributed by atoms with Crippen LogP contribution in [0.25, 0.3) is 0 Å². The molecular formula is C11H12Br2N2O4. The van der Waals surface area contributed by atoms with Gasteiger partial charge in [0.1, 0.15) is 0 Å². The molecule has 0 aromatic heterocycles. The lowest BCUT2D eigenvalue weighted by Gasteiger charge is -2.18. The highest BCUT2D eigenvalue weighted by Crippen LogP contribution is 2.18. The van der Waals surface area contributed by atoms with Crippen LogP contribution in [0.5, 0.6) is 0 Å². The molecule has 0 heterocycles. The van der Waals surface area contributed by atoms with Crippen LogP contribution in [0, 0.1) is 10.1 Å². The molecule has 0 aliphatic heterocycles. The number of halogens is 2. The van der Waals surface area contributed by atoms with E-state index in [1.165, 1.54) is 0 Å². The van der Waals surface area contributed by atoms with Crippen LogP contribution < -0.4 is 5.32 Å². The Bertz CT molecular complexity index is 453. The first-order valence-electron chi connectivity index (χ1n) is 5.42. The SMILES string of the molecule is CCOC(=O)C(Nc1ccc(Br)cc1)C(Br)[N+](=O)[O-]. The normalized spacial score (nSPS) is 13.4. The second-order valence-electron chi connectivity index (χ2n) is 3.54. The monoisotopic (exact) mass is 394 g/mol. The number of carbonyl (C=O) groups is 1. The van der Waals surface area contributed by atoms with E-state index < -0.39 is 21.9 Å². The first kappa shape index (κ1) is 15.9. The lowest BCUT2D eigenvalue weighted by molar-refractivity contribution is -0.493. The topological polar surface area (TPSA) is 81.5 Å². The number of nitro groups is 1. The van der Waals surface area contributed by atoms with Gasteiger partial charge in [-0.15, -0.1) is 0 Å². The third-order valence-corrected chi connectivity index (χ3v) is 3.58. The Labute approximate surface area is 126 Å². The van der Waals surface area contributed by atoms with Crippen molar-refractivity contribution < 1.29 is 14.5 Å². The summed E-state index contributed by atoms with van der Waals surface area (Å²) in [5.74, 6) is -0.677. The van der Waals surface area contributed by atoms with Crippen LogP contribution in [0.3, 0.4) is 0 Å². The van der Waals surface area contributed by atoms with Crippen LogP contribution in [0.15, 0.2) is 28.7 Å². The molecular weight excluding hydrogens is 384 g/mol. The average molecular weight is 396 g/mol. The summed E-state index contributed by atoms with van der Waals surface area (Å²) in [6, 6.07) is 5.84. The highest BCUT2D eigenvalue weighted by atomic mass is 79.9. The third kappa shape index (κ3) is 4.79. The van der Waals surface area contributed by atoms with Gasteiger partial charge < -0.3 is 10.1 Å². The number of esters is 1. The number of hydrogen-bond acceptors (Lipinski definition) is 5. The quantitative estimate of drug-likeness (QED) is 0.263. The van der Waals surface area contributed by atoms with Crippen LogP contribution in [0.2, 0.25) is 0 Å². The van der Waals surface area contributed by atoms with Gasteiger partial charge in [0.05, 0.1) is 6.61 Å². The van der Waals surface area contributed by atoms with E-state index in [0.717, 1.165) is 4.47 Å². The van der Waals surface area contributed by atoms with Crippen LogP contribution in [-0.4, -0.2) is 28.5 Å². The fourth-order valence-corrected chi connectivity index (χ4v) is 1.93. The molecule has 1 N–H and O–H groups in total. The van der Waals surface area contributed by atoms with Gasteiger partial charge in [0, 0.05) is 15.1 Å². The van der Waals surface area contributed by atoms with Crippen molar-refractivity contribution in [3.63, 3.8) is 0 Å². The van der Waals surface area contributed by atoms with Gasteiger partial charge in [-0.25, -0.2) is 4.79 Å². The number of ether oxygens (including phenoxy) is 1. The predicted octanol–water partition coefficient (Wildman–Crippen LogP) is 2.79. The Morgan fingerprint density at radius 2 is 2.05 bits per heavy atom. The van der Waals surface area contributed by atoms with Crippen LogP contribution in [0.1, 0.15) is 6.92 Å². The number of benzene rings is 1. The van der Waals surface area contributed by atoms with Gasteiger partial charge in [0.15, 0.2) is 0 Å². The molecule has 1 aromatic rings. The first-order valence-corrected chi connectivity index (χ1v) is 7.13. The van der Waals surface area contributed by atoms with E-state index in [4.69, 9.17) is 4.74 Å². The van der Waals surface area contributed by atoms with Crippen LogP contribution in [0.4, 0.5) is 5.69 Å². The highest BCUT2D eigenvalue weighted by molar-refractivity contribution is 9.10. The molecule has 8 heteroatoms. The molecule has 0 aliphatic rings. The smallest absolute Gasteiger partial charge is 0.336 e. The average Bonchev–Trinajstić information content (AvgIpc) is 2.37. The zero-order chi connectivity index (χ0) is 14.4. The number of anilines is 1. The maximum absolute atomic E-state index is 11.7. The van der Waals surface area contributed by atoms with E-state index in [1.54, 1.807) is 31.2 Å². The van der Waals surface area contributed by atoms with E-state index in [0.29, 0.717) is 5.69 Å². The van der Waals surface area contributed by atoms with Crippen molar-refractivity contribution in [2.45, 2.75) is 17.9 Å². The number of nitrogens with zero attached hydrogens (tertiary/aromatic N) is 1. The van der Waals surface area contributed by atoms with Gasteiger partial charge >= 0.3 is 5.97 Å². The molecule has 6 nitrogen and oxygen atoms in total. The molecule has 0 spiro atoms. The minimum absolute atomic E-state index is 0.161. The summed E-state index contributed by atoms with van der Waals surface area (Å²) in [6.07, 6.45) is 0. The number of rotatable bonds is 6. The fraction of sp³-hybridized carbons (Fsp3) is 0.364. The first-order chi connectivity index (χ1) is 8.95. The molecule has 1 aromatic carbocycles. The second kappa shape index (κ2) is 7.44. The standard InChI is InChI=1S/C11H12Br2N2O4/c1-2-19-11(16)9(10(13)15(17)18)14-8-5-3-7(12)4-6-8/h3-6,9-10,14H,2H2,1H3. The maximum atomic E-state index is 11.7. The maximum Gasteiger partial charge on any atom is 0.336 e. The van der Waals surface area contributed by atoms with E-state index in [2.05, 4.69) is 37.2 Å². The third-order valence-electron chi connectivity index (χ3n) is 2.18. The van der Waals surface area contributed by atoms with Gasteiger partial charge in [0.25, 0.3) is 4.95 Å². The second-order valence-corrected chi connectivity index (χ2v) is 5.39. The Kier molecular flexibility index (Phi) is 6.23. The minimum Gasteiger partial charge on any atom is -0.464 e. The molecule has 1 rings (SSSR count). The van der Waals surface area contributed by atoms with Gasteiger partial charge in [-0.05, 0) is 47.1 Å². The number of carbonyl (C=O) groups excluding carboxylic acids is 1. The number of hydrogen-bond donors (Lipinski definition) is 1. The molecule has 0 saturated carbocycles. The molecule has 0 fully saturated rings. The molecule has 0 radical (unpaired) electrons. The van der Waals surface area contributed by atoms with Crippen molar-refractivity contribution in [3.8, 4) is 0 Å². The molecule has 0 amide bonds. The Morgan fingerprint density at radius 1 is 1.47 bits per heavy atom. The number of alkyl halides is 1. The molecule has 0 bridgehead atoms. The van der Waals surface area contributed by atoms with E-state index in [1.807, 2.05) is 0 Å². The molecule has 0 saturated heterocycles. The molecule has 2 unspecified atom stereocenters. The van der Waals surface area contributed by atoms with Crippen molar-refractivity contribution >= 4 is 43.5 Å². The van der Waals surface area contributed by atoms with Crippen LogP contribution >= 0.6 is 31.9 Å². The molecule has 19 heavy (non-hydrogen) atoms. The van der Waals surface area contributed by atoms with Crippen LogP contribution in [-0.2, 0) is 9.53 Å². The fourth-order valence-electron chi connectivity index (χ4n) is 1.32. The molecule has 104 valence electrons. The highest BCUT2D eigenvalue weighted by Gasteiger charge is 2.36. The predicted molar refractivity (Wildman–Crippen MR) is 77.9 cm³/mol. The number of nitrogens with one attached hydrogen (secondary N) is 1. The van der Waals surface area contributed by atoms with Crippen molar-refractivity contribution in [3.05, 3.63) is 38.9 Å². The van der Waals surface area contributed by atoms with E-state index in [-0.39, 0.29) is 6.61 Å². The minimum atomic E-state index is -1.27. The lowest BCUT2D eigenvalue weighted by atomic mass is 10.2. The molecule has 0 aliphatic carbocycles. The zero-order valence-corrected chi connectivity index (χ0v) is 13.2. The van der Waals surface area contributed by atoms with E-state index >= 15 is 0 Å². The summed E-state index contributed by atoms with van der Waals surface area (Å²) in [4.78, 5) is 20.7. The molecule has 2 atom stereocenters.